The number of fused-ring (bicyclic) bond motifs is 1. The van der Waals surface area contributed by atoms with Crippen molar-refractivity contribution in [3.63, 3.8) is 0 Å². The lowest BCUT2D eigenvalue weighted by Gasteiger charge is -2.48. The van der Waals surface area contributed by atoms with Crippen molar-refractivity contribution in [1.82, 2.24) is 0 Å². The zero-order valence-corrected chi connectivity index (χ0v) is 12.6. The van der Waals surface area contributed by atoms with Crippen LogP contribution in [0.3, 0.4) is 0 Å². The Hall–Kier alpha value is -0.520. The summed E-state index contributed by atoms with van der Waals surface area (Å²) >= 11 is 0. The van der Waals surface area contributed by atoms with E-state index in [1.54, 1.807) is 36.0 Å². The Bertz CT molecular complexity index is 526. The third kappa shape index (κ3) is 1.46. The number of hydrogen-bond donors (Lipinski definition) is 0. The Morgan fingerprint density at radius 3 is 2.74 bits per heavy atom. The van der Waals surface area contributed by atoms with Gasteiger partial charge in [0.15, 0.2) is 0 Å². The van der Waals surface area contributed by atoms with Crippen LogP contribution in [0.25, 0.3) is 0 Å². The fourth-order valence-corrected chi connectivity index (χ4v) is 6.34. The maximum atomic E-state index is 2.58. The standard InChI is InChI=1S/C19H26/c1-11-4-13-5-16(13)12(2)17-8-19(17)9-18(3,10-19)7-14-6-15(11)14/h4,12,14,16-17H,5-10H2,1-3H3. The fourth-order valence-electron chi connectivity index (χ4n) is 6.34. The molecule has 6 rings (SSSR count). The number of rotatable bonds is 0. The van der Waals surface area contributed by atoms with E-state index in [-0.39, 0.29) is 0 Å². The third-order valence-corrected chi connectivity index (χ3v) is 7.30. The molecule has 4 atom stereocenters. The molecule has 0 aromatic rings. The van der Waals surface area contributed by atoms with Crippen LogP contribution in [0, 0.1) is 34.5 Å². The summed E-state index contributed by atoms with van der Waals surface area (Å²) in [6.07, 6.45) is 11.6. The Morgan fingerprint density at radius 1 is 1.16 bits per heavy atom. The van der Waals surface area contributed by atoms with Crippen molar-refractivity contribution in [2.75, 3.05) is 0 Å². The van der Waals surface area contributed by atoms with Crippen LogP contribution in [-0.2, 0) is 0 Å². The van der Waals surface area contributed by atoms with Crippen LogP contribution >= 0.6 is 0 Å². The van der Waals surface area contributed by atoms with Gasteiger partial charge in [-0.15, -0.1) is 0 Å². The lowest BCUT2D eigenvalue weighted by molar-refractivity contribution is 0.0219. The molecule has 19 heavy (non-hydrogen) atoms. The van der Waals surface area contributed by atoms with Crippen molar-refractivity contribution >= 4 is 0 Å². The first-order valence-electron chi connectivity index (χ1n) is 8.40. The highest BCUT2D eigenvalue weighted by molar-refractivity contribution is 5.42. The van der Waals surface area contributed by atoms with E-state index >= 15 is 0 Å². The maximum absolute atomic E-state index is 2.58. The molecule has 1 spiro atoms. The highest BCUT2D eigenvalue weighted by Crippen LogP contribution is 2.77. The first-order chi connectivity index (χ1) is 9.00. The zero-order chi connectivity index (χ0) is 13.0. The second-order valence-corrected chi connectivity index (χ2v) is 9.04. The number of allylic oxidation sites excluding steroid dienone is 4. The van der Waals surface area contributed by atoms with Crippen molar-refractivity contribution in [1.29, 1.82) is 0 Å². The molecule has 2 bridgehead atoms. The number of hydrogen-bond acceptors (Lipinski definition) is 0. The Kier molecular flexibility index (Phi) is 1.79. The van der Waals surface area contributed by atoms with E-state index in [4.69, 9.17) is 0 Å². The monoisotopic (exact) mass is 254 g/mol. The normalized spacial score (nSPS) is 57.5. The van der Waals surface area contributed by atoms with Crippen molar-refractivity contribution in [2.45, 2.75) is 59.3 Å². The topological polar surface area (TPSA) is 0 Å². The van der Waals surface area contributed by atoms with E-state index in [1.165, 1.54) is 19.3 Å². The average molecular weight is 254 g/mol. The molecule has 0 saturated heterocycles. The van der Waals surface area contributed by atoms with Gasteiger partial charge in [0.25, 0.3) is 0 Å². The first kappa shape index (κ1) is 11.2. The van der Waals surface area contributed by atoms with Crippen molar-refractivity contribution < 1.29 is 0 Å². The molecular formula is C19H26. The summed E-state index contributed by atoms with van der Waals surface area (Å²) < 4.78 is 0. The van der Waals surface area contributed by atoms with Gasteiger partial charge in [-0.25, -0.2) is 0 Å². The van der Waals surface area contributed by atoms with Gasteiger partial charge in [0.2, 0.25) is 0 Å². The summed E-state index contributed by atoms with van der Waals surface area (Å²) in [5.41, 5.74) is 6.76. The van der Waals surface area contributed by atoms with Gasteiger partial charge in [-0.2, -0.15) is 0 Å². The first-order valence-corrected chi connectivity index (χ1v) is 8.40. The predicted octanol–water partition coefficient (Wildman–Crippen LogP) is 5.12. The molecule has 6 aliphatic carbocycles. The van der Waals surface area contributed by atoms with E-state index in [9.17, 15) is 0 Å². The smallest absolute Gasteiger partial charge is 0.0134 e. The van der Waals surface area contributed by atoms with Gasteiger partial charge in [0.05, 0.1) is 0 Å². The second-order valence-electron chi connectivity index (χ2n) is 9.04. The maximum Gasteiger partial charge on any atom is -0.0134 e. The molecule has 4 saturated carbocycles. The molecule has 0 amide bonds. The summed E-state index contributed by atoms with van der Waals surface area (Å²) in [6.45, 7) is 7.50. The van der Waals surface area contributed by atoms with E-state index < -0.39 is 0 Å². The Balaban J connectivity index is 1.50. The van der Waals surface area contributed by atoms with Crippen LogP contribution in [0.1, 0.15) is 59.3 Å². The molecule has 6 aliphatic rings. The molecule has 0 N–H and O–H groups in total. The largest absolute Gasteiger partial charge is 0.0656 e. The summed E-state index contributed by atoms with van der Waals surface area (Å²) in [7, 11) is 0. The average Bonchev–Trinajstić information content (AvgIpc) is 3.09. The van der Waals surface area contributed by atoms with E-state index in [0.29, 0.717) is 5.41 Å². The molecule has 102 valence electrons. The molecule has 0 heteroatoms. The molecule has 0 aliphatic heterocycles. The summed E-state index contributed by atoms with van der Waals surface area (Å²) in [5.74, 6) is 3.98. The van der Waals surface area contributed by atoms with Gasteiger partial charge in [-0.3, -0.25) is 0 Å². The summed E-state index contributed by atoms with van der Waals surface area (Å²) in [5, 5.41) is 0. The van der Waals surface area contributed by atoms with Crippen LogP contribution in [-0.4, -0.2) is 0 Å². The van der Waals surface area contributed by atoms with Crippen LogP contribution in [0.5, 0.6) is 0 Å². The van der Waals surface area contributed by atoms with Crippen LogP contribution in [0.4, 0.5) is 0 Å². The molecule has 4 fully saturated rings. The summed E-state index contributed by atoms with van der Waals surface area (Å²) in [6, 6.07) is 0. The fraction of sp³-hybridized carbons (Fsp3) is 0.789. The van der Waals surface area contributed by atoms with Gasteiger partial charge >= 0.3 is 0 Å². The molecular weight excluding hydrogens is 228 g/mol. The minimum atomic E-state index is 0.705. The highest BCUT2D eigenvalue weighted by atomic mass is 14.7. The van der Waals surface area contributed by atoms with Crippen LogP contribution in [0.15, 0.2) is 22.8 Å². The van der Waals surface area contributed by atoms with Gasteiger partial charge in [0.1, 0.15) is 0 Å². The molecule has 0 aromatic carbocycles. The van der Waals surface area contributed by atoms with E-state index in [0.717, 1.165) is 29.1 Å². The van der Waals surface area contributed by atoms with E-state index in [2.05, 4.69) is 26.8 Å². The SMILES string of the molecule is CC1=C2CC2CC2(C)CC3(CC3C(C)C3CC3=C1)C2. The van der Waals surface area contributed by atoms with Crippen LogP contribution < -0.4 is 0 Å². The van der Waals surface area contributed by atoms with Gasteiger partial charge in [-0.05, 0) is 80.0 Å². The highest BCUT2D eigenvalue weighted by Gasteiger charge is 2.68. The minimum absolute atomic E-state index is 0.705. The molecule has 0 nitrogen and oxygen atoms in total. The van der Waals surface area contributed by atoms with Crippen LogP contribution in [0.2, 0.25) is 0 Å². The lowest BCUT2D eigenvalue weighted by Crippen LogP contribution is -2.38. The molecule has 0 heterocycles. The van der Waals surface area contributed by atoms with Crippen molar-refractivity contribution in [3.05, 3.63) is 22.8 Å². The van der Waals surface area contributed by atoms with Crippen molar-refractivity contribution in [2.24, 2.45) is 34.5 Å². The van der Waals surface area contributed by atoms with Gasteiger partial charge < -0.3 is 0 Å². The molecule has 0 radical (unpaired) electrons. The van der Waals surface area contributed by atoms with Crippen molar-refractivity contribution in [3.8, 4) is 0 Å². The Morgan fingerprint density at radius 2 is 1.95 bits per heavy atom. The lowest BCUT2D eigenvalue weighted by atomic mass is 9.57. The van der Waals surface area contributed by atoms with Gasteiger partial charge in [-0.1, -0.05) is 36.6 Å². The molecule has 4 unspecified atom stereocenters. The Labute approximate surface area is 117 Å². The molecule has 0 aromatic heterocycles. The third-order valence-electron chi connectivity index (χ3n) is 7.30. The predicted molar refractivity (Wildman–Crippen MR) is 78.7 cm³/mol. The second kappa shape index (κ2) is 3.05. The minimum Gasteiger partial charge on any atom is -0.0656 e. The summed E-state index contributed by atoms with van der Waals surface area (Å²) in [4.78, 5) is 0. The van der Waals surface area contributed by atoms with E-state index in [1.807, 2.05) is 0 Å². The van der Waals surface area contributed by atoms with Gasteiger partial charge in [0, 0.05) is 0 Å². The zero-order valence-electron chi connectivity index (χ0n) is 12.6. The quantitative estimate of drug-likeness (QED) is 0.563.